The highest BCUT2D eigenvalue weighted by Gasteiger charge is 2.14. The summed E-state index contributed by atoms with van der Waals surface area (Å²) in [4.78, 5) is 1.07. The molecule has 1 aromatic heterocycles. The lowest BCUT2D eigenvalue weighted by Gasteiger charge is -2.11. The molecule has 1 heterocycles. The van der Waals surface area contributed by atoms with Crippen LogP contribution in [0.3, 0.4) is 0 Å². The third-order valence-corrected chi connectivity index (χ3v) is 2.72. The van der Waals surface area contributed by atoms with Crippen LogP contribution in [0.1, 0.15) is 29.5 Å². The van der Waals surface area contributed by atoms with Crippen LogP contribution in [0.15, 0.2) is 0 Å². The first-order valence-electron chi connectivity index (χ1n) is 3.98. The first-order chi connectivity index (χ1) is 6.29. The fourth-order valence-corrected chi connectivity index (χ4v) is 1.81. The molecule has 0 bridgehead atoms. The monoisotopic (exact) mass is 196 g/mol. The number of aryl methyl sites for hydroxylation is 1. The van der Waals surface area contributed by atoms with Crippen LogP contribution in [0.2, 0.25) is 0 Å². The molecule has 1 atom stereocenters. The number of rotatable bonds is 4. The molecule has 0 spiro atoms. The quantitative estimate of drug-likeness (QED) is 0.424. The van der Waals surface area contributed by atoms with Gasteiger partial charge in [0.25, 0.3) is 0 Å². The molecule has 0 amide bonds. The summed E-state index contributed by atoms with van der Waals surface area (Å²) in [6.07, 6.45) is 6.69. The summed E-state index contributed by atoms with van der Waals surface area (Å²) in [6.45, 7) is 1.92. The van der Waals surface area contributed by atoms with Crippen molar-refractivity contribution in [3.63, 3.8) is 0 Å². The Morgan fingerprint density at radius 1 is 1.77 bits per heavy atom. The van der Waals surface area contributed by atoms with Gasteiger partial charge in [-0.1, -0.05) is 4.49 Å². The summed E-state index contributed by atoms with van der Waals surface area (Å²) in [5.74, 6) is 7.99. The summed E-state index contributed by atoms with van der Waals surface area (Å²) in [5, 5.41) is 3.91. The highest BCUT2D eigenvalue weighted by molar-refractivity contribution is 7.05. The lowest BCUT2D eigenvalue weighted by atomic mass is 10.1. The number of nitrogens with two attached hydrogens (primary N) is 1. The van der Waals surface area contributed by atoms with Crippen molar-refractivity contribution in [1.29, 1.82) is 0 Å². The van der Waals surface area contributed by atoms with Gasteiger partial charge in [-0.25, -0.2) is 0 Å². The molecule has 5 heteroatoms. The minimum atomic E-state index is 0.0797. The lowest BCUT2D eigenvalue weighted by molar-refractivity contribution is 0.528. The van der Waals surface area contributed by atoms with E-state index < -0.39 is 0 Å². The molecule has 0 saturated heterocycles. The van der Waals surface area contributed by atoms with Crippen molar-refractivity contribution in [2.75, 3.05) is 0 Å². The van der Waals surface area contributed by atoms with Gasteiger partial charge in [-0.15, -0.1) is 17.4 Å². The van der Waals surface area contributed by atoms with Crippen molar-refractivity contribution in [2.45, 2.75) is 25.8 Å². The van der Waals surface area contributed by atoms with E-state index in [2.05, 4.69) is 20.9 Å². The second-order valence-corrected chi connectivity index (χ2v) is 3.47. The third kappa shape index (κ3) is 2.49. The van der Waals surface area contributed by atoms with Crippen LogP contribution in [-0.4, -0.2) is 9.59 Å². The second-order valence-electron chi connectivity index (χ2n) is 2.68. The van der Waals surface area contributed by atoms with Gasteiger partial charge in [-0.2, -0.15) is 0 Å². The largest absolute Gasteiger partial charge is 0.271 e. The topological polar surface area (TPSA) is 63.8 Å². The Morgan fingerprint density at radius 3 is 3.00 bits per heavy atom. The van der Waals surface area contributed by atoms with Crippen molar-refractivity contribution in [3.8, 4) is 12.3 Å². The molecule has 4 nitrogen and oxygen atoms in total. The first kappa shape index (κ1) is 10.1. The van der Waals surface area contributed by atoms with Crippen LogP contribution >= 0.6 is 11.5 Å². The second kappa shape index (κ2) is 4.92. The van der Waals surface area contributed by atoms with Crippen molar-refractivity contribution in [2.24, 2.45) is 5.84 Å². The Labute approximate surface area is 81.7 Å². The van der Waals surface area contributed by atoms with Crippen molar-refractivity contribution < 1.29 is 0 Å². The third-order valence-electron chi connectivity index (χ3n) is 1.78. The van der Waals surface area contributed by atoms with Crippen LogP contribution in [0.5, 0.6) is 0 Å². The minimum Gasteiger partial charge on any atom is -0.271 e. The average Bonchev–Trinajstić information content (AvgIpc) is 2.54. The van der Waals surface area contributed by atoms with Gasteiger partial charge in [0.2, 0.25) is 0 Å². The van der Waals surface area contributed by atoms with Crippen LogP contribution in [-0.2, 0) is 0 Å². The lowest BCUT2D eigenvalue weighted by Crippen LogP contribution is -2.27. The molecule has 70 valence electrons. The van der Waals surface area contributed by atoms with E-state index in [1.807, 2.05) is 6.92 Å². The van der Waals surface area contributed by atoms with Gasteiger partial charge in [0.1, 0.15) is 0 Å². The number of hydrazine groups is 1. The predicted molar refractivity (Wildman–Crippen MR) is 52.8 cm³/mol. The minimum absolute atomic E-state index is 0.0797. The molecule has 1 unspecified atom stereocenters. The zero-order valence-corrected chi connectivity index (χ0v) is 8.27. The zero-order valence-electron chi connectivity index (χ0n) is 7.45. The smallest absolute Gasteiger partial charge is 0.0773 e. The normalized spacial score (nSPS) is 12.4. The maximum absolute atomic E-state index is 5.41. The van der Waals surface area contributed by atoms with E-state index in [9.17, 15) is 0 Å². The number of nitrogens with zero attached hydrogens (tertiary/aromatic N) is 2. The van der Waals surface area contributed by atoms with E-state index in [0.717, 1.165) is 17.0 Å². The first-order valence-corrected chi connectivity index (χ1v) is 4.75. The number of aromatic nitrogens is 2. The van der Waals surface area contributed by atoms with E-state index in [1.54, 1.807) is 0 Å². The maximum atomic E-state index is 5.41. The Balaban J connectivity index is 2.68. The van der Waals surface area contributed by atoms with E-state index in [0.29, 0.717) is 6.42 Å². The standard InChI is InChI=1S/C8H12N4S/c1-3-4-5-7(10-9)8-6(2)11-12-13-8/h1,7,10H,4-5,9H2,2H3. The Bertz CT molecular complexity index is 301. The Kier molecular flexibility index (Phi) is 3.83. The molecule has 3 N–H and O–H groups in total. The van der Waals surface area contributed by atoms with E-state index in [1.165, 1.54) is 11.5 Å². The van der Waals surface area contributed by atoms with Gasteiger partial charge in [0, 0.05) is 6.42 Å². The van der Waals surface area contributed by atoms with Crippen LogP contribution in [0.25, 0.3) is 0 Å². The number of hydrogen-bond acceptors (Lipinski definition) is 5. The molecule has 0 aliphatic heterocycles. The van der Waals surface area contributed by atoms with Gasteiger partial charge >= 0.3 is 0 Å². The van der Waals surface area contributed by atoms with Crippen molar-refractivity contribution in [1.82, 2.24) is 15.0 Å². The highest BCUT2D eigenvalue weighted by atomic mass is 32.1. The summed E-state index contributed by atoms with van der Waals surface area (Å²) in [7, 11) is 0. The zero-order chi connectivity index (χ0) is 9.68. The van der Waals surface area contributed by atoms with Gasteiger partial charge in [0.15, 0.2) is 0 Å². The molecule has 0 aliphatic carbocycles. The fraction of sp³-hybridized carbons (Fsp3) is 0.500. The van der Waals surface area contributed by atoms with Gasteiger partial charge in [-0.3, -0.25) is 11.3 Å². The van der Waals surface area contributed by atoms with Gasteiger partial charge < -0.3 is 0 Å². The van der Waals surface area contributed by atoms with Crippen molar-refractivity contribution >= 4 is 11.5 Å². The molecule has 13 heavy (non-hydrogen) atoms. The molecule has 0 radical (unpaired) electrons. The Hall–Kier alpha value is -0.960. The van der Waals surface area contributed by atoms with Crippen molar-refractivity contribution in [3.05, 3.63) is 10.6 Å². The van der Waals surface area contributed by atoms with E-state index in [4.69, 9.17) is 12.3 Å². The van der Waals surface area contributed by atoms with Crippen LogP contribution in [0, 0.1) is 19.3 Å². The maximum Gasteiger partial charge on any atom is 0.0773 e. The predicted octanol–water partition coefficient (Wildman–Crippen LogP) is 0.764. The molecule has 0 fully saturated rings. The molecule has 0 aromatic carbocycles. The number of hydrogen-bond donors (Lipinski definition) is 2. The summed E-state index contributed by atoms with van der Waals surface area (Å²) in [6, 6.07) is 0.0797. The SMILES string of the molecule is C#CCCC(NN)c1snnc1C. The van der Waals surface area contributed by atoms with Crippen LogP contribution in [0.4, 0.5) is 0 Å². The average molecular weight is 196 g/mol. The summed E-state index contributed by atoms with van der Waals surface area (Å²) in [5.41, 5.74) is 3.64. The Morgan fingerprint density at radius 2 is 2.54 bits per heavy atom. The van der Waals surface area contributed by atoms with Gasteiger partial charge in [-0.05, 0) is 24.9 Å². The van der Waals surface area contributed by atoms with Crippen LogP contribution < -0.4 is 11.3 Å². The van der Waals surface area contributed by atoms with E-state index >= 15 is 0 Å². The van der Waals surface area contributed by atoms with Gasteiger partial charge in [0.05, 0.1) is 16.6 Å². The molecule has 0 aliphatic rings. The molecule has 0 saturated carbocycles. The number of terminal acetylenes is 1. The molecule has 1 rings (SSSR count). The summed E-state index contributed by atoms with van der Waals surface area (Å²) >= 11 is 1.36. The highest BCUT2D eigenvalue weighted by Crippen LogP contribution is 2.22. The van der Waals surface area contributed by atoms with E-state index in [-0.39, 0.29) is 6.04 Å². The molecular weight excluding hydrogens is 184 g/mol. The fourth-order valence-electron chi connectivity index (χ4n) is 1.07. The number of nitrogens with one attached hydrogen (secondary N) is 1. The molecule has 1 aromatic rings. The molecular formula is C8H12N4S. The summed E-state index contributed by atoms with van der Waals surface area (Å²) < 4.78 is 3.84.